The molecule has 37 heavy (non-hydrogen) atoms. The Kier molecular flexibility index (Phi) is 8.25. The van der Waals surface area contributed by atoms with E-state index in [9.17, 15) is 26.3 Å². The highest BCUT2D eigenvalue weighted by molar-refractivity contribution is 5.85. The molecule has 7 nitrogen and oxygen atoms in total. The Morgan fingerprint density at radius 1 is 1.08 bits per heavy atom. The first-order valence-corrected chi connectivity index (χ1v) is 10.8. The maximum absolute atomic E-state index is 13.8. The molecule has 1 atom stereocenters. The summed E-state index contributed by atoms with van der Waals surface area (Å²) in [7, 11) is 0. The zero-order chi connectivity index (χ0) is 26.1. The second kappa shape index (κ2) is 10.9. The van der Waals surface area contributed by atoms with Crippen LogP contribution < -0.4 is 10.5 Å². The van der Waals surface area contributed by atoms with Gasteiger partial charge in [0.05, 0.1) is 17.0 Å². The van der Waals surface area contributed by atoms with Gasteiger partial charge in [-0.15, -0.1) is 12.4 Å². The van der Waals surface area contributed by atoms with Crippen LogP contribution in [0, 0.1) is 5.41 Å². The van der Waals surface area contributed by atoms with Crippen LogP contribution in [-0.4, -0.2) is 34.1 Å². The summed E-state index contributed by atoms with van der Waals surface area (Å²) in [5, 5.41) is 11.4. The topological polar surface area (TPSA) is 101 Å². The molecule has 0 bridgehead atoms. The molecule has 1 fully saturated rings. The van der Waals surface area contributed by atoms with Gasteiger partial charge in [0.15, 0.2) is 5.96 Å². The molecule has 0 amide bonds. The molecule has 1 aromatic heterocycles. The molecular weight excluding hydrogens is 528 g/mol. The zero-order valence-corrected chi connectivity index (χ0v) is 19.9. The van der Waals surface area contributed by atoms with E-state index in [4.69, 9.17) is 20.4 Å². The first-order chi connectivity index (χ1) is 16.9. The van der Waals surface area contributed by atoms with Crippen molar-refractivity contribution in [2.45, 2.75) is 37.7 Å². The molecular formula is C23H22ClF6N5O2. The molecule has 0 radical (unpaired) electrons. The number of nitrogens with one attached hydrogen (secondary N) is 1. The van der Waals surface area contributed by atoms with Gasteiger partial charge in [0.1, 0.15) is 12.4 Å². The fourth-order valence-corrected chi connectivity index (χ4v) is 3.88. The second-order valence-corrected chi connectivity index (χ2v) is 8.32. The summed E-state index contributed by atoms with van der Waals surface area (Å²) < 4.78 is 90.0. The van der Waals surface area contributed by atoms with E-state index >= 15 is 0 Å². The van der Waals surface area contributed by atoms with Crippen LogP contribution in [0.25, 0.3) is 11.4 Å². The predicted octanol–water partition coefficient (Wildman–Crippen LogP) is 5.85. The molecule has 1 saturated heterocycles. The summed E-state index contributed by atoms with van der Waals surface area (Å²) in [5.41, 5.74) is 3.92. The number of guanidine groups is 1. The van der Waals surface area contributed by atoms with Gasteiger partial charge in [-0.3, -0.25) is 5.41 Å². The van der Waals surface area contributed by atoms with Crippen molar-refractivity contribution < 1.29 is 35.6 Å². The lowest BCUT2D eigenvalue weighted by molar-refractivity contribution is -0.139. The van der Waals surface area contributed by atoms with Crippen LogP contribution in [0.1, 0.15) is 41.3 Å². The third-order valence-electron chi connectivity index (χ3n) is 5.77. The van der Waals surface area contributed by atoms with Gasteiger partial charge in [-0.1, -0.05) is 17.3 Å². The number of hydrogen-bond donors (Lipinski definition) is 2. The number of ether oxygens (including phenoxy) is 1. The van der Waals surface area contributed by atoms with E-state index in [0.29, 0.717) is 19.5 Å². The molecule has 2 aromatic carbocycles. The molecule has 1 aliphatic heterocycles. The minimum Gasteiger partial charge on any atom is -0.488 e. The van der Waals surface area contributed by atoms with Crippen LogP contribution in [-0.2, 0) is 19.0 Å². The fourth-order valence-electron chi connectivity index (χ4n) is 3.88. The van der Waals surface area contributed by atoms with E-state index in [1.54, 1.807) is 4.90 Å². The van der Waals surface area contributed by atoms with Crippen LogP contribution in [0.3, 0.4) is 0 Å². The van der Waals surface area contributed by atoms with Crippen LogP contribution in [0.5, 0.6) is 5.75 Å². The summed E-state index contributed by atoms with van der Waals surface area (Å²) in [4.78, 5) is 5.91. The lowest BCUT2D eigenvalue weighted by Crippen LogP contribution is -2.42. The van der Waals surface area contributed by atoms with Gasteiger partial charge in [0, 0.05) is 18.7 Å². The van der Waals surface area contributed by atoms with E-state index in [1.807, 2.05) is 0 Å². The lowest BCUT2D eigenvalue weighted by Gasteiger charge is -2.30. The molecule has 0 unspecified atom stereocenters. The van der Waals surface area contributed by atoms with Gasteiger partial charge in [-0.25, -0.2) is 0 Å². The highest BCUT2D eigenvalue weighted by Crippen LogP contribution is 2.39. The molecule has 4 rings (SSSR count). The van der Waals surface area contributed by atoms with Gasteiger partial charge in [0.25, 0.3) is 0 Å². The maximum Gasteiger partial charge on any atom is 0.419 e. The second-order valence-electron chi connectivity index (χ2n) is 8.32. The number of hydrogen-bond acceptors (Lipinski definition) is 5. The average Bonchev–Trinajstić information content (AvgIpc) is 3.32. The predicted molar refractivity (Wildman–Crippen MR) is 123 cm³/mol. The first kappa shape index (κ1) is 28.1. The number of nitrogens with two attached hydrogens (primary N) is 1. The van der Waals surface area contributed by atoms with Gasteiger partial charge >= 0.3 is 12.4 Å². The average molecular weight is 550 g/mol. The molecule has 0 spiro atoms. The summed E-state index contributed by atoms with van der Waals surface area (Å²) in [6, 6.07) is 7.24. The zero-order valence-electron chi connectivity index (χ0n) is 19.1. The summed E-state index contributed by atoms with van der Waals surface area (Å²) in [5.74, 6) is -0.574. The van der Waals surface area contributed by atoms with Crippen LogP contribution in [0.15, 0.2) is 47.0 Å². The lowest BCUT2D eigenvalue weighted by atomic mass is 9.98. The van der Waals surface area contributed by atoms with Crippen molar-refractivity contribution in [3.63, 3.8) is 0 Å². The molecule has 3 aromatic rings. The molecule has 1 aliphatic rings. The van der Waals surface area contributed by atoms with Crippen molar-refractivity contribution in [2.24, 2.45) is 5.73 Å². The Morgan fingerprint density at radius 3 is 2.41 bits per heavy atom. The number of aromatic nitrogens is 2. The Hall–Kier alpha value is -3.48. The number of nitrogens with zero attached hydrogens (tertiary/aromatic N) is 3. The third-order valence-corrected chi connectivity index (χ3v) is 5.77. The summed E-state index contributed by atoms with van der Waals surface area (Å²) in [6.45, 7) is 0.651. The standard InChI is InChI=1S/C23H21F6N5O2.ClH/c24-22(25,26)16-6-3-13(4-7-16)12-35-18-8-5-14(10-17(18)23(27,28)29)19-32-20(36-33-19)15-2-1-9-34(11-15)21(30)31;/h3-8,10,15H,1-2,9,11-12H2,(H3,30,31);1H/t15-;/m1./s1. The van der Waals surface area contributed by atoms with Gasteiger partial charge in [-0.05, 0) is 48.7 Å². The first-order valence-electron chi connectivity index (χ1n) is 10.8. The Balaban J connectivity index is 0.00000380. The van der Waals surface area contributed by atoms with Crippen molar-refractivity contribution in [1.82, 2.24) is 15.0 Å². The van der Waals surface area contributed by atoms with E-state index in [0.717, 1.165) is 42.8 Å². The van der Waals surface area contributed by atoms with E-state index in [-0.39, 0.29) is 53.7 Å². The highest BCUT2D eigenvalue weighted by atomic mass is 35.5. The largest absolute Gasteiger partial charge is 0.488 e. The minimum atomic E-state index is -4.77. The number of piperidine rings is 1. The number of halogens is 7. The number of benzene rings is 2. The molecule has 0 saturated carbocycles. The SMILES string of the molecule is Cl.N=C(N)N1CCC[C@@H](c2nc(-c3ccc(OCc4ccc(C(F)(F)F)cc4)c(C(F)(F)F)c3)no2)C1. The van der Waals surface area contributed by atoms with Crippen LogP contribution >= 0.6 is 12.4 Å². The number of likely N-dealkylation sites (tertiary alicyclic amines) is 1. The minimum absolute atomic E-state index is 0. The smallest absolute Gasteiger partial charge is 0.419 e. The van der Waals surface area contributed by atoms with Gasteiger partial charge in [0.2, 0.25) is 11.7 Å². The van der Waals surface area contributed by atoms with E-state index in [1.165, 1.54) is 6.07 Å². The molecule has 3 N–H and O–H groups in total. The number of alkyl halides is 6. The van der Waals surface area contributed by atoms with Gasteiger partial charge in [-0.2, -0.15) is 31.3 Å². The monoisotopic (exact) mass is 549 g/mol. The molecule has 0 aliphatic carbocycles. The van der Waals surface area contributed by atoms with E-state index < -0.39 is 29.2 Å². The highest BCUT2D eigenvalue weighted by Gasteiger charge is 2.36. The summed E-state index contributed by atoms with van der Waals surface area (Å²) >= 11 is 0. The molecule has 200 valence electrons. The van der Waals surface area contributed by atoms with Crippen molar-refractivity contribution in [3.05, 3.63) is 65.0 Å². The van der Waals surface area contributed by atoms with Crippen molar-refractivity contribution in [2.75, 3.05) is 13.1 Å². The van der Waals surface area contributed by atoms with Crippen molar-refractivity contribution in [1.29, 1.82) is 5.41 Å². The quantitative estimate of drug-likeness (QED) is 0.235. The van der Waals surface area contributed by atoms with E-state index in [2.05, 4.69) is 10.1 Å². The van der Waals surface area contributed by atoms with Crippen LogP contribution in [0.2, 0.25) is 0 Å². The Bertz CT molecular complexity index is 1230. The van der Waals surface area contributed by atoms with Crippen molar-refractivity contribution in [3.8, 4) is 17.1 Å². The molecule has 2 heterocycles. The van der Waals surface area contributed by atoms with Crippen LogP contribution in [0.4, 0.5) is 26.3 Å². The fraction of sp³-hybridized carbons (Fsp3) is 0.348. The molecule has 14 heteroatoms. The number of rotatable bonds is 5. The summed E-state index contributed by atoms with van der Waals surface area (Å²) in [6.07, 6.45) is -7.85. The normalized spacial score (nSPS) is 16.3. The third kappa shape index (κ3) is 6.64. The Morgan fingerprint density at radius 2 is 1.78 bits per heavy atom. The van der Waals surface area contributed by atoms with Crippen molar-refractivity contribution >= 4 is 18.4 Å². The maximum atomic E-state index is 13.8. The Labute approximate surface area is 213 Å². The van der Waals surface area contributed by atoms with Gasteiger partial charge < -0.3 is 19.9 Å².